The fourth-order valence-electron chi connectivity index (χ4n) is 1.24. The zero-order valence-electron chi connectivity index (χ0n) is 10.3. The molecular weight excluding hydrogens is 224 g/mol. The highest BCUT2D eigenvalue weighted by atomic mass is 35.5. The van der Waals surface area contributed by atoms with Gasteiger partial charge in [-0.2, -0.15) is 0 Å². The maximum atomic E-state index is 5.77. The molecule has 1 aromatic rings. The molecule has 0 radical (unpaired) electrons. The lowest BCUT2D eigenvalue weighted by Gasteiger charge is -2.21. The summed E-state index contributed by atoms with van der Waals surface area (Å²) in [7, 11) is 2.10. The third-order valence-electron chi connectivity index (χ3n) is 2.48. The molecule has 0 aromatic carbocycles. The predicted octanol–water partition coefficient (Wildman–Crippen LogP) is 2.19. The SMILES string of the molecule is Cc1cc(NCCN(C)C(C)C)nc(Cl)n1. The van der Waals surface area contributed by atoms with E-state index < -0.39 is 0 Å². The number of hydrogen-bond acceptors (Lipinski definition) is 4. The quantitative estimate of drug-likeness (QED) is 0.804. The van der Waals surface area contributed by atoms with Crippen molar-refractivity contribution in [3.05, 3.63) is 17.0 Å². The van der Waals surface area contributed by atoms with Crippen LogP contribution in [0.15, 0.2) is 6.07 Å². The van der Waals surface area contributed by atoms with E-state index in [2.05, 4.69) is 41.1 Å². The average molecular weight is 243 g/mol. The molecule has 0 aliphatic carbocycles. The van der Waals surface area contributed by atoms with Crippen molar-refractivity contribution in [3.8, 4) is 0 Å². The summed E-state index contributed by atoms with van der Waals surface area (Å²) >= 11 is 5.77. The number of hydrogen-bond donors (Lipinski definition) is 1. The van der Waals surface area contributed by atoms with Gasteiger partial charge in [0.2, 0.25) is 5.28 Å². The molecule has 5 heteroatoms. The molecule has 0 unspecified atom stereocenters. The Bertz CT molecular complexity index is 321. The Balaban J connectivity index is 2.43. The molecule has 16 heavy (non-hydrogen) atoms. The minimum Gasteiger partial charge on any atom is -0.369 e. The van der Waals surface area contributed by atoms with Gasteiger partial charge in [-0.3, -0.25) is 0 Å². The van der Waals surface area contributed by atoms with Crippen LogP contribution in [0, 0.1) is 6.92 Å². The molecule has 4 nitrogen and oxygen atoms in total. The number of likely N-dealkylation sites (N-methyl/N-ethyl adjacent to an activating group) is 1. The maximum Gasteiger partial charge on any atom is 0.224 e. The van der Waals surface area contributed by atoms with Gasteiger partial charge < -0.3 is 10.2 Å². The molecular formula is C11H19ClN4. The van der Waals surface area contributed by atoms with Gasteiger partial charge in [0.1, 0.15) is 5.82 Å². The monoisotopic (exact) mass is 242 g/mol. The van der Waals surface area contributed by atoms with Gasteiger partial charge in [0.25, 0.3) is 0 Å². The third-order valence-corrected chi connectivity index (χ3v) is 2.65. The first-order valence-electron chi connectivity index (χ1n) is 5.44. The summed E-state index contributed by atoms with van der Waals surface area (Å²) in [5, 5.41) is 3.53. The lowest BCUT2D eigenvalue weighted by molar-refractivity contribution is 0.284. The van der Waals surface area contributed by atoms with E-state index in [-0.39, 0.29) is 0 Å². The Kier molecular flexibility index (Phi) is 4.96. The second kappa shape index (κ2) is 6.01. The molecule has 0 aliphatic heterocycles. The van der Waals surface area contributed by atoms with Crippen LogP contribution in [0.4, 0.5) is 5.82 Å². The van der Waals surface area contributed by atoms with Crippen LogP contribution in [0.5, 0.6) is 0 Å². The van der Waals surface area contributed by atoms with E-state index in [0.717, 1.165) is 24.6 Å². The Morgan fingerprint density at radius 1 is 1.44 bits per heavy atom. The molecule has 0 fully saturated rings. The number of anilines is 1. The third kappa shape index (κ3) is 4.33. The first-order chi connectivity index (χ1) is 7.49. The molecule has 0 aliphatic rings. The van der Waals surface area contributed by atoms with Gasteiger partial charge in [0.05, 0.1) is 0 Å². The van der Waals surface area contributed by atoms with E-state index in [1.807, 2.05) is 13.0 Å². The van der Waals surface area contributed by atoms with Crippen LogP contribution in [0.1, 0.15) is 19.5 Å². The second-order valence-corrected chi connectivity index (χ2v) is 4.50. The first-order valence-corrected chi connectivity index (χ1v) is 5.82. The Hall–Kier alpha value is -0.870. The van der Waals surface area contributed by atoms with Gasteiger partial charge in [-0.05, 0) is 39.4 Å². The summed E-state index contributed by atoms with van der Waals surface area (Å²) in [6.07, 6.45) is 0. The van der Waals surface area contributed by atoms with Crippen molar-refractivity contribution in [2.45, 2.75) is 26.8 Å². The number of halogens is 1. The van der Waals surface area contributed by atoms with Crippen LogP contribution in [-0.4, -0.2) is 41.0 Å². The highest BCUT2D eigenvalue weighted by Gasteiger charge is 2.03. The molecule has 1 heterocycles. The lowest BCUT2D eigenvalue weighted by atomic mass is 10.3. The van der Waals surface area contributed by atoms with E-state index >= 15 is 0 Å². The topological polar surface area (TPSA) is 41.0 Å². The van der Waals surface area contributed by atoms with Gasteiger partial charge >= 0.3 is 0 Å². The molecule has 1 aromatic heterocycles. The minimum atomic E-state index is 0.291. The van der Waals surface area contributed by atoms with Crippen LogP contribution in [-0.2, 0) is 0 Å². The van der Waals surface area contributed by atoms with E-state index in [1.54, 1.807) is 0 Å². The summed E-state index contributed by atoms with van der Waals surface area (Å²) in [6.45, 7) is 8.07. The van der Waals surface area contributed by atoms with Gasteiger partial charge in [0, 0.05) is 30.9 Å². The molecule has 0 spiro atoms. The van der Waals surface area contributed by atoms with Crippen molar-refractivity contribution in [3.63, 3.8) is 0 Å². The summed E-state index contributed by atoms with van der Waals surface area (Å²) in [5.41, 5.74) is 0.875. The van der Waals surface area contributed by atoms with E-state index in [4.69, 9.17) is 11.6 Å². The summed E-state index contributed by atoms with van der Waals surface area (Å²) in [5.74, 6) is 0.787. The van der Waals surface area contributed by atoms with Crippen LogP contribution in [0.2, 0.25) is 5.28 Å². The average Bonchev–Trinajstić information content (AvgIpc) is 2.15. The number of aryl methyl sites for hydroxylation is 1. The Morgan fingerprint density at radius 3 is 2.69 bits per heavy atom. The normalized spacial score (nSPS) is 11.2. The minimum absolute atomic E-state index is 0.291. The van der Waals surface area contributed by atoms with Gasteiger partial charge in [-0.1, -0.05) is 0 Å². The van der Waals surface area contributed by atoms with Crippen molar-refractivity contribution >= 4 is 17.4 Å². The molecule has 0 amide bonds. The van der Waals surface area contributed by atoms with Crippen molar-refractivity contribution in [2.24, 2.45) is 0 Å². The number of rotatable bonds is 5. The predicted molar refractivity (Wildman–Crippen MR) is 68.0 cm³/mol. The fraction of sp³-hybridized carbons (Fsp3) is 0.636. The number of aromatic nitrogens is 2. The van der Waals surface area contributed by atoms with E-state index in [0.29, 0.717) is 11.3 Å². The number of nitrogens with zero attached hydrogens (tertiary/aromatic N) is 3. The smallest absolute Gasteiger partial charge is 0.224 e. The zero-order valence-corrected chi connectivity index (χ0v) is 11.0. The van der Waals surface area contributed by atoms with Crippen molar-refractivity contribution < 1.29 is 0 Å². The van der Waals surface area contributed by atoms with Crippen LogP contribution in [0.25, 0.3) is 0 Å². The van der Waals surface area contributed by atoms with Crippen LogP contribution in [0.3, 0.4) is 0 Å². The number of nitrogens with one attached hydrogen (secondary N) is 1. The highest BCUT2D eigenvalue weighted by molar-refractivity contribution is 6.28. The summed E-state index contributed by atoms with van der Waals surface area (Å²) in [4.78, 5) is 10.4. The molecule has 90 valence electrons. The van der Waals surface area contributed by atoms with Gasteiger partial charge in [0.15, 0.2) is 0 Å². The highest BCUT2D eigenvalue weighted by Crippen LogP contribution is 2.09. The molecule has 1 N–H and O–H groups in total. The molecule has 0 saturated carbocycles. The largest absolute Gasteiger partial charge is 0.369 e. The molecule has 0 saturated heterocycles. The van der Waals surface area contributed by atoms with Gasteiger partial charge in [-0.15, -0.1) is 0 Å². The molecule has 1 rings (SSSR count). The first kappa shape index (κ1) is 13.2. The van der Waals surface area contributed by atoms with E-state index in [9.17, 15) is 0 Å². The van der Waals surface area contributed by atoms with Crippen molar-refractivity contribution in [2.75, 3.05) is 25.5 Å². The van der Waals surface area contributed by atoms with Crippen molar-refractivity contribution in [1.82, 2.24) is 14.9 Å². The van der Waals surface area contributed by atoms with Crippen molar-refractivity contribution in [1.29, 1.82) is 0 Å². The zero-order chi connectivity index (χ0) is 12.1. The Labute approximate surface area is 102 Å². The van der Waals surface area contributed by atoms with Crippen LogP contribution >= 0.6 is 11.6 Å². The Morgan fingerprint density at radius 2 is 2.12 bits per heavy atom. The maximum absolute atomic E-state index is 5.77. The summed E-state index contributed by atoms with van der Waals surface area (Å²) in [6, 6.07) is 2.44. The standard InChI is InChI=1S/C11H19ClN4/c1-8(2)16(4)6-5-13-10-7-9(3)14-11(12)15-10/h7-8H,5-6H2,1-4H3,(H,13,14,15). The van der Waals surface area contributed by atoms with E-state index in [1.165, 1.54) is 0 Å². The lowest BCUT2D eigenvalue weighted by Crippen LogP contribution is -2.31. The molecule has 0 atom stereocenters. The van der Waals surface area contributed by atoms with Gasteiger partial charge in [-0.25, -0.2) is 9.97 Å². The molecule has 0 bridgehead atoms. The van der Waals surface area contributed by atoms with Crippen LogP contribution < -0.4 is 5.32 Å². The fourth-order valence-corrected chi connectivity index (χ4v) is 1.47. The summed E-state index contributed by atoms with van der Waals surface area (Å²) < 4.78 is 0. The second-order valence-electron chi connectivity index (χ2n) is 4.16.